The van der Waals surface area contributed by atoms with Crippen molar-refractivity contribution in [2.45, 2.75) is 61.6 Å². The number of piperidine rings is 1. The number of likely N-dealkylation sites (N-methyl/N-ethyl adjacent to an activating group) is 1. The minimum absolute atomic E-state index is 0.00134. The second-order valence-corrected chi connectivity index (χ2v) is 10.7. The molecule has 2 aromatic rings. The van der Waals surface area contributed by atoms with Gasteiger partial charge in [0.05, 0.1) is 24.0 Å². The van der Waals surface area contributed by atoms with Crippen LogP contribution in [0.4, 0.5) is 0 Å². The van der Waals surface area contributed by atoms with Gasteiger partial charge in [-0.3, -0.25) is 9.59 Å². The zero-order chi connectivity index (χ0) is 26.7. The maximum atomic E-state index is 12.8. The number of amides is 1. The van der Waals surface area contributed by atoms with Crippen LogP contribution in [0.25, 0.3) is 0 Å². The molecule has 1 fully saturated rings. The standard InChI is InChI=1S/C29H32N2O7/c1-31-14-12-28-23-18-7-8-19(16-32)25(23)38-26(28)20(9-11-29(28,36)21(31)15-18)37-22(33)10-13-30-27(35)24(34)17-5-3-2-4-6-17/h2-9,21,24,26,32,34,36H,10-16H2,1H3,(H,30,35)/t21-,24+,26+,28+,29-/m1/s1. The lowest BCUT2D eigenvalue weighted by atomic mass is 9.50. The molecule has 1 spiro atoms. The summed E-state index contributed by atoms with van der Waals surface area (Å²) in [7, 11) is 2.02. The highest BCUT2D eigenvalue weighted by atomic mass is 16.6. The van der Waals surface area contributed by atoms with Crippen LogP contribution in [0.2, 0.25) is 0 Å². The van der Waals surface area contributed by atoms with Crippen molar-refractivity contribution >= 4 is 11.9 Å². The van der Waals surface area contributed by atoms with E-state index >= 15 is 0 Å². The highest BCUT2D eigenvalue weighted by Crippen LogP contribution is 2.64. The first-order chi connectivity index (χ1) is 18.3. The van der Waals surface area contributed by atoms with Gasteiger partial charge < -0.3 is 35.0 Å². The van der Waals surface area contributed by atoms with Crippen LogP contribution in [0.1, 0.15) is 47.6 Å². The van der Waals surface area contributed by atoms with Crippen molar-refractivity contribution in [1.29, 1.82) is 0 Å². The molecule has 0 radical (unpaired) electrons. The van der Waals surface area contributed by atoms with Crippen LogP contribution in [-0.4, -0.2) is 70.0 Å². The number of nitrogens with one attached hydrogen (secondary N) is 1. The van der Waals surface area contributed by atoms with E-state index in [0.717, 1.165) is 17.7 Å². The van der Waals surface area contributed by atoms with Crippen LogP contribution in [0.3, 0.4) is 0 Å². The summed E-state index contributed by atoms with van der Waals surface area (Å²) in [5.74, 6) is -0.202. The molecule has 1 saturated heterocycles. The Balaban J connectivity index is 1.20. The Hall–Kier alpha value is -3.24. The monoisotopic (exact) mass is 520 g/mol. The summed E-state index contributed by atoms with van der Waals surface area (Å²) in [6.45, 7) is 0.563. The quantitative estimate of drug-likeness (QED) is 0.402. The lowest BCUT2D eigenvalue weighted by Gasteiger charge is -2.61. The molecule has 5 atom stereocenters. The molecule has 2 heterocycles. The van der Waals surface area contributed by atoms with Crippen LogP contribution in [0.15, 0.2) is 54.3 Å². The van der Waals surface area contributed by atoms with Crippen LogP contribution < -0.4 is 10.1 Å². The first-order valence-electron chi connectivity index (χ1n) is 13.1. The summed E-state index contributed by atoms with van der Waals surface area (Å²) in [4.78, 5) is 27.3. The molecule has 2 aliphatic carbocycles. The zero-order valence-corrected chi connectivity index (χ0v) is 21.2. The van der Waals surface area contributed by atoms with E-state index in [1.165, 1.54) is 0 Å². The molecule has 2 bridgehead atoms. The third kappa shape index (κ3) is 3.53. The van der Waals surface area contributed by atoms with Gasteiger partial charge in [0.15, 0.2) is 12.2 Å². The first kappa shape index (κ1) is 25.1. The summed E-state index contributed by atoms with van der Waals surface area (Å²) < 4.78 is 12.3. The number of nitrogens with zero attached hydrogens (tertiary/aromatic N) is 1. The van der Waals surface area contributed by atoms with Crippen LogP contribution in [0.5, 0.6) is 5.75 Å². The number of benzene rings is 2. The Kier molecular flexibility index (Phi) is 6.07. The van der Waals surface area contributed by atoms with Gasteiger partial charge in [-0.25, -0.2) is 0 Å². The predicted octanol–water partition coefficient (Wildman–Crippen LogP) is 1.24. The SMILES string of the molecule is CN1CC[C@]23c4c5ccc(CO)c4O[C@H]2C(OC(=O)CCNC(=O)[C@@H](O)c2ccccc2)=CC[C@@]3(O)[C@H]1C5. The van der Waals surface area contributed by atoms with Crippen molar-refractivity contribution in [2.75, 3.05) is 20.1 Å². The van der Waals surface area contributed by atoms with Crippen molar-refractivity contribution in [2.24, 2.45) is 0 Å². The Labute approximate surface area is 220 Å². The van der Waals surface area contributed by atoms with Gasteiger partial charge in [0, 0.05) is 30.1 Å². The molecule has 0 unspecified atom stereocenters. The summed E-state index contributed by atoms with van der Waals surface area (Å²) in [5, 5.41) is 35.0. The minimum atomic E-state index is -1.32. The molecule has 38 heavy (non-hydrogen) atoms. The van der Waals surface area contributed by atoms with E-state index in [1.807, 2.05) is 19.2 Å². The molecule has 9 heteroatoms. The van der Waals surface area contributed by atoms with E-state index < -0.39 is 35.1 Å². The molecular formula is C29H32N2O7. The third-order valence-corrected chi connectivity index (χ3v) is 8.85. The van der Waals surface area contributed by atoms with Gasteiger partial charge in [-0.05, 0) is 43.6 Å². The molecule has 1 amide bonds. The number of likely N-dealkylation sites (tertiary alicyclic amines) is 1. The zero-order valence-electron chi connectivity index (χ0n) is 21.2. The number of ether oxygens (including phenoxy) is 2. The normalized spacial score (nSPS) is 29.5. The molecule has 4 aliphatic rings. The van der Waals surface area contributed by atoms with Gasteiger partial charge in [-0.1, -0.05) is 42.5 Å². The maximum Gasteiger partial charge on any atom is 0.312 e. The maximum absolute atomic E-state index is 12.8. The molecule has 0 saturated carbocycles. The average Bonchev–Trinajstić information content (AvgIpc) is 3.28. The number of carbonyl (C=O) groups is 2. The molecule has 4 N–H and O–H groups in total. The average molecular weight is 521 g/mol. The number of aliphatic hydroxyl groups excluding tert-OH is 2. The topological polar surface area (TPSA) is 129 Å². The fourth-order valence-electron chi connectivity index (χ4n) is 6.99. The van der Waals surface area contributed by atoms with E-state index in [4.69, 9.17) is 9.47 Å². The molecule has 6 rings (SSSR count). The van der Waals surface area contributed by atoms with Crippen molar-refractivity contribution in [1.82, 2.24) is 10.2 Å². The summed E-state index contributed by atoms with van der Waals surface area (Å²) in [6, 6.07) is 12.3. The fourth-order valence-corrected chi connectivity index (χ4v) is 6.99. The Bertz CT molecular complexity index is 1310. The summed E-state index contributed by atoms with van der Waals surface area (Å²) in [5.41, 5.74) is 1.26. The van der Waals surface area contributed by atoms with Crippen molar-refractivity contribution in [3.05, 3.63) is 76.6 Å². The summed E-state index contributed by atoms with van der Waals surface area (Å²) >= 11 is 0. The van der Waals surface area contributed by atoms with Gasteiger partial charge in [-0.15, -0.1) is 0 Å². The Morgan fingerprint density at radius 1 is 1.24 bits per heavy atom. The lowest BCUT2D eigenvalue weighted by Crippen LogP contribution is -2.74. The van der Waals surface area contributed by atoms with Gasteiger partial charge in [0.2, 0.25) is 0 Å². The Morgan fingerprint density at radius 3 is 2.79 bits per heavy atom. The van der Waals surface area contributed by atoms with Crippen molar-refractivity contribution < 1.29 is 34.4 Å². The number of rotatable bonds is 7. The van der Waals surface area contributed by atoms with E-state index in [2.05, 4.69) is 10.2 Å². The molecule has 0 aromatic heterocycles. The number of aliphatic hydroxyl groups is 3. The van der Waals surface area contributed by atoms with Crippen LogP contribution in [0, 0.1) is 0 Å². The van der Waals surface area contributed by atoms with Crippen LogP contribution >= 0.6 is 0 Å². The highest BCUT2D eigenvalue weighted by molar-refractivity contribution is 5.82. The Morgan fingerprint density at radius 2 is 2.03 bits per heavy atom. The third-order valence-electron chi connectivity index (χ3n) is 8.85. The van der Waals surface area contributed by atoms with Crippen LogP contribution in [-0.2, 0) is 32.8 Å². The first-order valence-corrected chi connectivity index (χ1v) is 13.1. The smallest absolute Gasteiger partial charge is 0.312 e. The van der Waals surface area contributed by atoms with E-state index in [0.29, 0.717) is 41.9 Å². The second-order valence-electron chi connectivity index (χ2n) is 10.7. The molecule has 2 aromatic carbocycles. The molecule has 9 nitrogen and oxygen atoms in total. The predicted molar refractivity (Wildman–Crippen MR) is 136 cm³/mol. The second kappa shape index (κ2) is 9.20. The largest absolute Gasteiger partial charge is 0.481 e. The van der Waals surface area contributed by atoms with E-state index in [9.17, 15) is 24.9 Å². The molecule has 2 aliphatic heterocycles. The lowest BCUT2D eigenvalue weighted by molar-refractivity contribution is -0.169. The van der Waals surface area contributed by atoms with Gasteiger partial charge in [0.1, 0.15) is 11.5 Å². The van der Waals surface area contributed by atoms with E-state index in [1.54, 1.807) is 36.4 Å². The highest BCUT2D eigenvalue weighted by Gasteiger charge is 2.71. The minimum Gasteiger partial charge on any atom is -0.481 e. The molecular weight excluding hydrogens is 488 g/mol. The summed E-state index contributed by atoms with van der Waals surface area (Å²) in [6.07, 6.45) is 1.24. The fraction of sp³-hybridized carbons (Fsp3) is 0.448. The van der Waals surface area contributed by atoms with Crippen molar-refractivity contribution in [3.63, 3.8) is 0 Å². The van der Waals surface area contributed by atoms with Gasteiger partial charge >= 0.3 is 5.97 Å². The molecule has 200 valence electrons. The van der Waals surface area contributed by atoms with Gasteiger partial charge in [0.25, 0.3) is 5.91 Å². The number of hydrogen-bond acceptors (Lipinski definition) is 8. The number of carbonyl (C=O) groups excluding carboxylic acids is 2. The number of hydrogen-bond donors (Lipinski definition) is 4. The number of esters is 1. The van der Waals surface area contributed by atoms with Gasteiger partial charge in [-0.2, -0.15) is 0 Å². The van der Waals surface area contributed by atoms with E-state index in [-0.39, 0.29) is 25.6 Å². The van der Waals surface area contributed by atoms with Crippen molar-refractivity contribution in [3.8, 4) is 5.75 Å².